The molecule has 11 heteroatoms. The van der Waals surface area contributed by atoms with Gasteiger partial charge >= 0.3 is 0 Å². The first-order valence-corrected chi connectivity index (χ1v) is 13.5. The molecule has 1 fully saturated rings. The average molecular weight is 484 g/mol. The van der Waals surface area contributed by atoms with Crippen LogP contribution in [-0.4, -0.2) is 71.3 Å². The minimum atomic E-state index is -3.81. The van der Waals surface area contributed by atoms with E-state index >= 15 is 0 Å². The normalized spacial score (nSPS) is 15.5. The van der Waals surface area contributed by atoms with Gasteiger partial charge in [-0.1, -0.05) is 13.0 Å². The Morgan fingerprint density at radius 2 is 1.66 bits per heavy atom. The van der Waals surface area contributed by atoms with Crippen molar-refractivity contribution >= 4 is 31.5 Å². The molecule has 2 aromatic carbocycles. The minimum Gasteiger partial charge on any atom is -0.369 e. The summed E-state index contributed by atoms with van der Waals surface area (Å²) < 4.78 is 63.7. The van der Waals surface area contributed by atoms with Gasteiger partial charge in [0.05, 0.1) is 10.6 Å². The molecule has 0 saturated carbocycles. The van der Waals surface area contributed by atoms with Gasteiger partial charge in [0.2, 0.25) is 10.0 Å². The molecule has 0 radical (unpaired) electrons. The molecule has 0 aromatic heterocycles. The summed E-state index contributed by atoms with van der Waals surface area (Å²) in [5.41, 5.74) is 0.970. The van der Waals surface area contributed by atoms with E-state index < -0.39 is 25.8 Å². The highest BCUT2D eigenvalue weighted by Crippen LogP contribution is 2.22. The molecule has 0 unspecified atom stereocenters. The van der Waals surface area contributed by atoms with Gasteiger partial charge in [0.25, 0.3) is 5.91 Å². The van der Waals surface area contributed by atoms with Gasteiger partial charge in [-0.25, -0.2) is 21.2 Å². The Kier molecular flexibility index (Phi) is 7.52. The van der Waals surface area contributed by atoms with Gasteiger partial charge in [-0.15, -0.1) is 0 Å². The maximum absolute atomic E-state index is 13.1. The number of sulfone groups is 1. The van der Waals surface area contributed by atoms with Crippen molar-refractivity contribution in [3.8, 4) is 0 Å². The molecule has 1 amide bonds. The summed E-state index contributed by atoms with van der Waals surface area (Å²) in [7, 11) is -7.02. The minimum absolute atomic E-state index is 0.00145. The predicted molar refractivity (Wildman–Crippen MR) is 120 cm³/mol. The Balaban J connectivity index is 1.64. The summed E-state index contributed by atoms with van der Waals surface area (Å²) in [6.45, 7) is 2.91. The molecule has 1 aliphatic rings. The number of benzene rings is 2. The van der Waals surface area contributed by atoms with E-state index in [1.54, 1.807) is 12.1 Å². The van der Waals surface area contributed by atoms with E-state index in [0.717, 1.165) is 5.69 Å². The number of anilines is 1. The fourth-order valence-electron chi connectivity index (χ4n) is 3.35. The summed E-state index contributed by atoms with van der Waals surface area (Å²) in [6.07, 6.45) is 0. The summed E-state index contributed by atoms with van der Waals surface area (Å²) in [4.78, 5) is 14.3. The van der Waals surface area contributed by atoms with Crippen molar-refractivity contribution in [1.29, 1.82) is 0 Å². The highest BCUT2D eigenvalue weighted by molar-refractivity contribution is 7.91. The molecule has 1 N–H and O–H groups in total. The quantitative estimate of drug-likeness (QED) is 0.610. The molecule has 0 atom stereocenters. The average Bonchev–Trinajstić information content (AvgIpc) is 2.79. The first-order chi connectivity index (χ1) is 15.1. The third kappa shape index (κ3) is 5.84. The summed E-state index contributed by atoms with van der Waals surface area (Å²) >= 11 is 0. The fourth-order valence-corrected chi connectivity index (χ4v) is 5.52. The molecule has 3 rings (SSSR count). The second-order valence-electron chi connectivity index (χ2n) is 7.39. The summed E-state index contributed by atoms with van der Waals surface area (Å²) in [5, 5.41) is 2.52. The lowest BCUT2D eigenvalue weighted by atomic mass is 10.2. The monoisotopic (exact) mass is 483 g/mol. The number of halogens is 1. The van der Waals surface area contributed by atoms with Crippen LogP contribution in [0.4, 0.5) is 10.1 Å². The van der Waals surface area contributed by atoms with Crippen LogP contribution in [0.1, 0.15) is 17.3 Å². The molecule has 1 heterocycles. The van der Waals surface area contributed by atoms with Crippen LogP contribution in [0.15, 0.2) is 53.4 Å². The molecular weight excluding hydrogens is 457 g/mol. The lowest BCUT2D eigenvalue weighted by Gasteiger charge is -2.35. The van der Waals surface area contributed by atoms with Gasteiger partial charge in [0, 0.05) is 49.7 Å². The van der Waals surface area contributed by atoms with Crippen molar-refractivity contribution in [2.75, 3.05) is 49.1 Å². The maximum Gasteiger partial charge on any atom is 0.251 e. The van der Waals surface area contributed by atoms with E-state index in [1.165, 1.54) is 47.6 Å². The van der Waals surface area contributed by atoms with E-state index in [0.29, 0.717) is 13.1 Å². The molecule has 8 nitrogen and oxygen atoms in total. The Bertz CT molecular complexity index is 1160. The molecule has 174 valence electrons. The van der Waals surface area contributed by atoms with Crippen molar-refractivity contribution in [1.82, 2.24) is 9.62 Å². The molecule has 1 saturated heterocycles. The number of amides is 1. The first kappa shape index (κ1) is 24.1. The van der Waals surface area contributed by atoms with Crippen LogP contribution in [0, 0.1) is 5.82 Å². The number of piperazine rings is 1. The third-order valence-corrected chi connectivity index (χ3v) is 8.90. The zero-order valence-electron chi connectivity index (χ0n) is 17.7. The number of carbonyl (C=O) groups excluding carboxylic acids is 1. The molecule has 0 bridgehead atoms. The molecule has 0 spiro atoms. The van der Waals surface area contributed by atoms with Crippen molar-refractivity contribution in [2.24, 2.45) is 0 Å². The fraction of sp³-hybridized carbons (Fsp3) is 0.381. The maximum atomic E-state index is 13.1. The lowest BCUT2D eigenvalue weighted by molar-refractivity contribution is 0.0956. The van der Waals surface area contributed by atoms with Gasteiger partial charge in [-0.05, 0) is 42.5 Å². The zero-order valence-corrected chi connectivity index (χ0v) is 19.3. The number of hydrogen-bond donors (Lipinski definition) is 1. The Labute approximate surface area is 188 Å². The number of nitrogens with zero attached hydrogens (tertiary/aromatic N) is 2. The number of nitrogens with one attached hydrogen (secondary N) is 1. The van der Waals surface area contributed by atoms with Crippen LogP contribution >= 0.6 is 0 Å². The number of sulfonamides is 1. The number of rotatable bonds is 8. The van der Waals surface area contributed by atoms with Crippen molar-refractivity contribution in [3.63, 3.8) is 0 Å². The second kappa shape index (κ2) is 9.97. The molecular formula is C21H26FN3O5S2. The Hall–Kier alpha value is -2.50. The van der Waals surface area contributed by atoms with Crippen molar-refractivity contribution < 1.29 is 26.0 Å². The second-order valence-corrected chi connectivity index (χ2v) is 11.8. The molecule has 0 aliphatic carbocycles. The largest absolute Gasteiger partial charge is 0.369 e. The topological polar surface area (TPSA) is 104 Å². The SMILES string of the molecule is CCS(=O)(=O)CCNC(=O)c1cccc(S(=O)(=O)N2CCN(c3ccc(F)cc3)CC2)c1. The lowest BCUT2D eigenvalue weighted by Crippen LogP contribution is -2.48. The summed E-state index contributed by atoms with van der Waals surface area (Å²) in [5.74, 6) is -1.04. The van der Waals surface area contributed by atoms with Gasteiger partial charge in [-0.2, -0.15) is 4.31 Å². The van der Waals surface area contributed by atoms with Crippen LogP contribution in [0.2, 0.25) is 0 Å². The van der Waals surface area contributed by atoms with Crippen LogP contribution in [0.5, 0.6) is 0 Å². The predicted octanol–water partition coefficient (Wildman–Crippen LogP) is 1.50. The summed E-state index contributed by atoms with van der Waals surface area (Å²) in [6, 6.07) is 11.7. The van der Waals surface area contributed by atoms with Crippen molar-refractivity contribution in [2.45, 2.75) is 11.8 Å². The van der Waals surface area contributed by atoms with E-state index in [2.05, 4.69) is 5.32 Å². The van der Waals surface area contributed by atoms with Crippen LogP contribution < -0.4 is 10.2 Å². The zero-order chi connectivity index (χ0) is 23.4. The van der Waals surface area contributed by atoms with E-state index in [4.69, 9.17) is 0 Å². The standard InChI is InChI=1S/C21H26FN3O5S2/c1-2-31(27,28)15-10-23-21(26)17-4-3-5-20(16-17)32(29,30)25-13-11-24(12-14-25)19-8-6-18(22)7-9-19/h3-9,16H,2,10-15H2,1H3,(H,23,26). The van der Waals surface area contributed by atoms with Crippen LogP contribution in [-0.2, 0) is 19.9 Å². The van der Waals surface area contributed by atoms with Crippen molar-refractivity contribution in [3.05, 3.63) is 59.9 Å². The smallest absolute Gasteiger partial charge is 0.251 e. The molecule has 32 heavy (non-hydrogen) atoms. The van der Waals surface area contributed by atoms with Crippen LogP contribution in [0.3, 0.4) is 0 Å². The number of hydrogen-bond acceptors (Lipinski definition) is 6. The molecule has 1 aliphatic heterocycles. The number of carbonyl (C=O) groups is 1. The first-order valence-electron chi connectivity index (χ1n) is 10.2. The van der Waals surface area contributed by atoms with E-state index in [9.17, 15) is 26.0 Å². The Morgan fingerprint density at radius 1 is 1.00 bits per heavy atom. The highest BCUT2D eigenvalue weighted by atomic mass is 32.2. The van der Waals surface area contributed by atoms with Crippen LogP contribution in [0.25, 0.3) is 0 Å². The highest BCUT2D eigenvalue weighted by Gasteiger charge is 2.29. The van der Waals surface area contributed by atoms with Gasteiger partial charge < -0.3 is 10.2 Å². The van der Waals surface area contributed by atoms with Gasteiger partial charge in [0.15, 0.2) is 9.84 Å². The third-order valence-electron chi connectivity index (χ3n) is 5.30. The van der Waals surface area contributed by atoms with Gasteiger partial charge in [-0.3, -0.25) is 4.79 Å². The van der Waals surface area contributed by atoms with Gasteiger partial charge in [0.1, 0.15) is 5.82 Å². The molecule has 2 aromatic rings. The van der Waals surface area contributed by atoms with E-state index in [1.807, 2.05) is 4.90 Å². The Morgan fingerprint density at radius 3 is 2.28 bits per heavy atom. The van der Waals surface area contributed by atoms with E-state index in [-0.39, 0.29) is 47.4 Å².